The first-order chi connectivity index (χ1) is 9.67. The lowest BCUT2D eigenvalue weighted by Gasteiger charge is -2.28. The van der Waals surface area contributed by atoms with E-state index in [0.29, 0.717) is 11.5 Å². The summed E-state index contributed by atoms with van der Waals surface area (Å²) in [6.45, 7) is 5.75. The van der Waals surface area contributed by atoms with Gasteiger partial charge in [0, 0.05) is 24.9 Å². The molecular formula is C17H23N3. The molecule has 0 saturated heterocycles. The second kappa shape index (κ2) is 5.41. The Labute approximate surface area is 120 Å². The zero-order valence-electron chi connectivity index (χ0n) is 12.3. The molecular weight excluding hydrogens is 246 g/mol. The number of H-pyrrole nitrogens is 1. The number of aryl methyl sites for hydroxylation is 1. The molecule has 0 fully saturated rings. The average Bonchev–Trinajstić information content (AvgIpc) is 3.00. The van der Waals surface area contributed by atoms with Gasteiger partial charge in [-0.05, 0) is 35.9 Å². The molecule has 1 aromatic heterocycles. The lowest BCUT2D eigenvalue weighted by atomic mass is 9.85. The third-order valence-electron chi connectivity index (χ3n) is 4.29. The van der Waals surface area contributed by atoms with Crippen molar-refractivity contribution >= 4 is 0 Å². The second-order valence-electron chi connectivity index (χ2n) is 6.39. The SMILES string of the molecule is CC1(C)Cc2ccccc2C1NCCCc1ncc[nH]1. The molecule has 0 spiro atoms. The van der Waals surface area contributed by atoms with Crippen LogP contribution in [0.3, 0.4) is 0 Å². The predicted molar refractivity (Wildman–Crippen MR) is 81.6 cm³/mol. The molecule has 1 unspecified atom stereocenters. The van der Waals surface area contributed by atoms with Crippen molar-refractivity contribution in [3.8, 4) is 0 Å². The van der Waals surface area contributed by atoms with E-state index in [9.17, 15) is 0 Å². The molecule has 0 aliphatic heterocycles. The highest BCUT2D eigenvalue weighted by molar-refractivity contribution is 5.37. The fourth-order valence-corrected chi connectivity index (χ4v) is 3.31. The van der Waals surface area contributed by atoms with Gasteiger partial charge in [0.15, 0.2) is 0 Å². The van der Waals surface area contributed by atoms with Crippen LogP contribution in [0.15, 0.2) is 36.7 Å². The molecule has 1 aliphatic carbocycles. The number of hydrogen-bond acceptors (Lipinski definition) is 2. The third-order valence-corrected chi connectivity index (χ3v) is 4.29. The Balaban J connectivity index is 1.59. The predicted octanol–water partition coefficient (Wildman–Crippen LogP) is 3.26. The quantitative estimate of drug-likeness (QED) is 0.818. The van der Waals surface area contributed by atoms with E-state index in [1.807, 2.05) is 12.4 Å². The van der Waals surface area contributed by atoms with Crippen molar-refractivity contribution in [1.82, 2.24) is 15.3 Å². The Kier molecular flexibility index (Phi) is 3.62. The van der Waals surface area contributed by atoms with Crippen LogP contribution < -0.4 is 5.32 Å². The van der Waals surface area contributed by atoms with Gasteiger partial charge in [-0.1, -0.05) is 38.1 Å². The van der Waals surface area contributed by atoms with Crippen molar-refractivity contribution in [2.45, 2.75) is 39.2 Å². The summed E-state index contributed by atoms with van der Waals surface area (Å²) in [7, 11) is 0. The molecule has 106 valence electrons. The Morgan fingerprint density at radius 3 is 3.00 bits per heavy atom. The smallest absolute Gasteiger partial charge is 0.106 e. The summed E-state index contributed by atoms with van der Waals surface area (Å²) < 4.78 is 0. The van der Waals surface area contributed by atoms with Gasteiger partial charge >= 0.3 is 0 Å². The highest BCUT2D eigenvalue weighted by Gasteiger charge is 2.37. The lowest BCUT2D eigenvalue weighted by molar-refractivity contribution is 0.269. The molecule has 2 N–H and O–H groups in total. The van der Waals surface area contributed by atoms with Crippen molar-refractivity contribution < 1.29 is 0 Å². The van der Waals surface area contributed by atoms with E-state index in [-0.39, 0.29) is 0 Å². The molecule has 2 aromatic rings. The van der Waals surface area contributed by atoms with Crippen LogP contribution in [0.25, 0.3) is 0 Å². The fraction of sp³-hybridized carbons (Fsp3) is 0.471. The molecule has 1 atom stereocenters. The summed E-state index contributed by atoms with van der Waals surface area (Å²) in [4.78, 5) is 7.43. The van der Waals surface area contributed by atoms with Gasteiger partial charge in [0.2, 0.25) is 0 Å². The van der Waals surface area contributed by atoms with Gasteiger partial charge in [0.25, 0.3) is 0 Å². The van der Waals surface area contributed by atoms with Crippen LogP contribution in [-0.4, -0.2) is 16.5 Å². The van der Waals surface area contributed by atoms with Crippen LogP contribution in [0.1, 0.15) is 43.3 Å². The largest absolute Gasteiger partial charge is 0.349 e. The number of hydrogen-bond donors (Lipinski definition) is 2. The molecule has 0 radical (unpaired) electrons. The number of imidazole rings is 1. The zero-order valence-corrected chi connectivity index (χ0v) is 12.3. The van der Waals surface area contributed by atoms with Crippen molar-refractivity contribution in [3.05, 3.63) is 53.6 Å². The maximum Gasteiger partial charge on any atom is 0.106 e. The molecule has 3 heteroatoms. The van der Waals surface area contributed by atoms with Crippen LogP contribution in [0.5, 0.6) is 0 Å². The highest BCUT2D eigenvalue weighted by atomic mass is 14.9. The third kappa shape index (κ3) is 2.63. The maximum atomic E-state index is 4.27. The molecule has 1 heterocycles. The Morgan fingerprint density at radius 2 is 2.20 bits per heavy atom. The first-order valence-electron chi connectivity index (χ1n) is 7.46. The normalized spacial score (nSPS) is 20.0. The van der Waals surface area contributed by atoms with E-state index in [1.54, 1.807) is 0 Å². The molecule has 3 nitrogen and oxygen atoms in total. The summed E-state index contributed by atoms with van der Waals surface area (Å²) in [6, 6.07) is 9.30. The van der Waals surface area contributed by atoms with Crippen molar-refractivity contribution in [3.63, 3.8) is 0 Å². The maximum absolute atomic E-state index is 4.27. The van der Waals surface area contributed by atoms with Gasteiger partial charge in [0.1, 0.15) is 5.82 Å². The summed E-state index contributed by atoms with van der Waals surface area (Å²) in [5.74, 6) is 1.08. The van der Waals surface area contributed by atoms with Gasteiger partial charge in [-0.25, -0.2) is 4.98 Å². The molecule has 20 heavy (non-hydrogen) atoms. The average molecular weight is 269 g/mol. The van der Waals surface area contributed by atoms with Crippen molar-refractivity contribution in [2.24, 2.45) is 5.41 Å². The Morgan fingerprint density at radius 1 is 1.35 bits per heavy atom. The van der Waals surface area contributed by atoms with E-state index in [2.05, 4.69) is 53.4 Å². The van der Waals surface area contributed by atoms with E-state index in [0.717, 1.165) is 25.2 Å². The number of fused-ring (bicyclic) bond motifs is 1. The van der Waals surface area contributed by atoms with E-state index >= 15 is 0 Å². The molecule has 0 saturated carbocycles. The van der Waals surface area contributed by atoms with Gasteiger partial charge in [-0.15, -0.1) is 0 Å². The fourth-order valence-electron chi connectivity index (χ4n) is 3.31. The molecule has 1 aromatic carbocycles. The lowest BCUT2D eigenvalue weighted by Crippen LogP contribution is -2.32. The van der Waals surface area contributed by atoms with E-state index in [4.69, 9.17) is 0 Å². The van der Waals surface area contributed by atoms with Crippen LogP contribution >= 0.6 is 0 Å². The molecule has 0 amide bonds. The number of rotatable bonds is 5. The van der Waals surface area contributed by atoms with Crippen LogP contribution in [-0.2, 0) is 12.8 Å². The van der Waals surface area contributed by atoms with Crippen LogP contribution in [0, 0.1) is 5.41 Å². The molecule has 0 bridgehead atoms. The minimum Gasteiger partial charge on any atom is -0.349 e. The number of aromatic amines is 1. The minimum absolute atomic E-state index is 0.300. The number of nitrogens with one attached hydrogen (secondary N) is 2. The molecule has 1 aliphatic rings. The van der Waals surface area contributed by atoms with Gasteiger partial charge < -0.3 is 10.3 Å². The topological polar surface area (TPSA) is 40.7 Å². The summed E-state index contributed by atoms with van der Waals surface area (Å²) in [5, 5.41) is 3.75. The number of aromatic nitrogens is 2. The Hall–Kier alpha value is -1.61. The summed E-state index contributed by atoms with van der Waals surface area (Å²) in [6.07, 6.45) is 6.99. The molecule has 3 rings (SSSR count). The van der Waals surface area contributed by atoms with Gasteiger partial charge in [-0.3, -0.25) is 0 Å². The van der Waals surface area contributed by atoms with Crippen molar-refractivity contribution in [2.75, 3.05) is 6.54 Å². The summed E-state index contributed by atoms with van der Waals surface area (Å²) >= 11 is 0. The van der Waals surface area contributed by atoms with Crippen LogP contribution in [0.4, 0.5) is 0 Å². The van der Waals surface area contributed by atoms with Crippen molar-refractivity contribution in [1.29, 1.82) is 0 Å². The monoisotopic (exact) mass is 269 g/mol. The second-order valence-corrected chi connectivity index (χ2v) is 6.39. The number of nitrogens with zero attached hydrogens (tertiary/aromatic N) is 1. The van der Waals surface area contributed by atoms with Crippen LogP contribution in [0.2, 0.25) is 0 Å². The highest BCUT2D eigenvalue weighted by Crippen LogP contribution is 2.44. The standard InChI is InChI=1S/C17H23N3/c1-17(2)12-13-6-3-4-7-14(13)16(17)20-9-5-8-15-18-10-11-19-15/h3-4,6-7,10-11,16,20H,5,8-9,12H2,1-2H3,(H,18,19). The Bertz CT molecular complexity index is 557. The first kappa shape index (κ1) is 13.4. The first-order valence-corrected chi connectivity index (χ1v) is 7.46. The van der Waals surface area contributed by atoms with E-state index < -0.39 is 0 Å². The van der Waals surface area contributed by atoms with Gasteiger partial charge in [0.05, 0.1) is 0 Å². The minimum atomic E-state index is 0.300. The van der Waals surface area contributed by atoms with E-state index in [1.165, 1.54) is 17.5 Å². The number of benzene rings is 1. The zero-order chi connectivity index (χ0) is 14.0. The van der Waals surface area contributed by atoms with Gasteiger partial charge in [-0.2, -0.15) is 0 Å². The summed E-state index contributed by atoms with van der Waals surface area (Å²) in [5.41, 5.74) is 3.28.